The molecule has 0 amide bonds. The molecule has 0 saturated heterocycles. The monoisotopic (exact) mass is 850 g/mol. The molecular formula is C23H16F26O4. The Bertz CT molecular complexity index is 1310. The van der Waals surface area contributed by atoms with E-state index in [1.807, 2.05) is 0 Å². The first-order chi connectivity index (χ1) is 22.7. The van der Waals surface area contributed by atoms with E-state index in [4.69, 9.17) is 0 Å². The lowest BCUT2D eigenvalue weighted by Crippen LogP contribution is -2.68. The molecule has 30 heteroatoms. The minimum absolute atomic E-state index is 0.266. The summed E-state index contributed by atoms with van der Waals surface area (Å²) in [6.07, 6.45) is -36.7. The molecule has 4 nitrogen and oxygen atoms in total. The Morgan fingerprint density at radius 3 is 0.943 bits per heavy atom. The lowest BCUT2D eigenvalue weighted by Gasteiger charge is -2.38. The molecule has 314 valence electrons. The summed E-state index contributed by atoms with van der Waals surface area (Å²) in [7, 11) is 0. The highest BCUT2D eigenvalue weighted by Crippen LogP contribution is 2.60. The van der Waals surface area contributed by atoms with Crippen molar-refractivity contribution < 1.29 is 133 Å². The van der Waals surface area contributed by atoms with Gasteiger partial charge in [-0.2, -0.15) is 114 Å². The lowest BCUT2D eigenvalue weighted by molar-refractivity contribution is -0.437. The zero-order valence-corrected chi connectivity index (χ0v) is 24.8. The fraction of sp³-hybridized carbons (Fsp3) is 0.739. The van der Waals surface area contributed by atoms with Crippen LogP contribution in [0.15, 0.2) is 24.8 Å². The third kappa shape index (κ3) is 10.9. The number of rotatable bonds is 16. The Balaban J connectivity index is 0. The van der Waals surface area contributed by atoms with Crippen molar-refractivity contribution in [2.75, 3.05) is 0 Å². The Labute approximate surface area is 275 Å². The predicted octanol–water partition coefficient (Wildman–Crippen LogP) is 10.8. The van der Waals surface area contributed by atoms with Crippen molar-refractivity contribution in [3.05, 3.63) is 24.8 Å². The molecule has 0 rings (SSSR count). The molecule has 0 aromatic rings. The summed E-state index contributed by atoms with van der Waals surface area (Å²) in [5, 5.41) is 0. The van der Waals surface area contributed by atoms with Crippen LogP contribution in [0.25, 0.3) is 0 Å². The number of hydrogen-bond donors (Lipinski definition) is 0. The van der Waals surface area contributed by atoms with Crippen LogP contribution < -0.4 is 0 Å². The molecular weight excluding hydrogens is 834 g/mol. The molecule has 0 bridgehead atoms. The Kier molecular flexibility index (Phi) is 15.0. The van der Waals surface area contributed by atoms with Crippen LogP contribution in [0.3, 0.4) is 0 Å². The summed E-state index contributed by atoms with van der Waals surface area (Å²) in [5.41, 5.74) is -1.07. The summed E-state index contributed by atoms with van der Waals surface area (Å²) in [4.78, 5) is 21.2. The van der Waals surface area contributed by atoms with Gasteiger partial charge in [-0.05, 0) is 6.92 Å². The van der Waals surface area contributed by atoms with Crippen LogP contribution in [0, 0.1) is 0 Å². The van der Waals surface area contributed by atoms with Crippen molar-refractivity contribution in [1.29, 1.82) is 0 Å². The smallest absolute Gasteiger partial charge is 0.393 e. The summed E-state index contributed by atoms with van der Waals surface area (Å²) in [6, 6.07) is 0. The van der Waals surface area contributed by atoms with Crippen molar-refractivity contribution in [2.24, 2.45) is 0 Å². The molecule has 0 radical (unpaired) electrons. The van der Waals surface area contributed by atoms with Gasteiger partial charge in [0, 0.05) is 37.3 Å². The zero-order valence-electron chi connectivity index (χ0n) is 24.8. The quantitative estimate of drug-likeness (QED) is 0.0882. The summed E-state index contributed by atoms with van der Waals surface area (Å²) in [6.45, 7) is 5.58. The number of alkyl halides is 26. The van der Waals surface area contributed by atoms with E-state index in [9.17, 15) is 124 Å². The van der Waals surface area contributed by atoms with E-state index in [0.717, 1.165) is 0 Å². The summed E-state index contributed by atoms with van der Waals surface area (Å²) < 4.78 is 339. The minimum atomic E-state index is -7.63. The minimum Gasteiger partial charge on any atom is -0.393 e. The average Bonchev–Trinajstić information content (AvgIpc) is 2.93. The highest BCUT2D eigenvalue weighted by Gasteiger charge is 2.89. The van der Waals surface area contributed by atoms with Crippen molar-refractivity contribution >= 4 is 11.9 Å². The molecule has 0 aliphatic carbocycles. The maximum atomic E-state index is 13.3. The first-order valence-electron chi connectivity index (χ1n) is 12.4. The molecule has 0 aromatic carbocycles. The van der Waals surface area contributed by atoms with Gasteiger partial charge < -0.3 is 9.47 Å². The molecule has 0 aliphatic heterocycles. The SMILES string of the molecule is C=C(C)C(=O)OC(F)(F)C(F)(F)C(F)(F)C(F)(F)C(F)(F)CCC(F)(F)F.C=CC(=O)OC(F)(F)C(F)(F)C(F)(F)C(F)(F)C(F)(F)CCC(F)(F)F. The van der Waals surface area contributed by atoms with E-state index in [1.165, 1.54) is 0 Å². The summed E-state index contributed by atoms with van der Waals surface area (Å²) >= 11 is 0. The highest BCUT2D eigenvalue weighted by molar-refractivity contribution is 5.87. The first-order valence-corrected chi connectivity index (χ1v) is 12.4. The number of carbonyl (C=O) groups excluding carboxylic acids is 2. The van der Waals surface area contributed by atoms with Crippen molar-refractivity contribution in [3.63, 3.8) is 0 Å². The van der Waals surface area contributed by atoms with E-state index in [-0.39, 0.29) is 6.08 Å². The van der Waals surface area contributed by atoms with Gasteiger partial charge in [0.15, 0.2) is 0 Å². The van der Waals surface area contributed by atoms with Crippen LogP contribution in [-0.2, 0) is 19.1 Å². The standard InChI is InChI=1S/C12H9F13O2.C11H7F13O2/c1-5(2)6(26)27-12(24,25)11(22,23)10(20,21)9(18,19)7(13,14)3-4-8(15,16)17;1-2-5(25)26-11(23,24)10(21,22)9(19,20)8(17,18)6(12,13)3-4-7(14,15)16/h1,3-4H2,2H3;2H,1,3-4H2. The van der Waals surface area contributed by atoms with Gasteiger partial charge in [0.1, 0.15) is 0 Å². The molecule has 0 spiro atoms. The zero-order chi connectivity index (χ0) is 43.7. The Morgan fingerprint density at radius 1 is 0.453 bits per heavy atom. The van der Waals surface area contributed by atoms with E-state index in [0.29, 0.717) is 6.92 Å². The van der Waals surface area contributed by atoms with E-state index in [1.54, 1.807) is 0 Å². The summed E-state index contributed by atoms with van der Waals surface area (Å²) in [5.74, 6) is -62.8. The molecule has 0 fully saturated rings. The molecule has 0 saturated carbocycles. The second-order valence-corrected chi connectivity index (χ2v) is 9.91. The van der Waals surface area contributed by atoms with Crippen LogP contribution in [0.2, 0.25) is 0 Å². The van der Waals surface area contributed by atoms with Crippen molar-refractivity contribution in [2.45, 2.75) is 105 Å². The molecule has 53 heavy (non-hydrogen) atoms. The molecule has 0 aliphatic rings. The van der Waals surface area contributed by atoms with E-state index >= 15 is 0 Å². The number of esters is 2. The second-order valence-electron chi connectivity index (χ2n) is 9.91. The fourth-order valence-corrected chi connectivity index (χ4v) is 2.63. The first kappa shape index (κ1) is 51.7. The van der Waals surface area contributed by atoms with Crippen LogP contribution >= 0.6 is 0 Å². The van der Waals surface area contributed by atoms with Crippen LogP contribution in [0.5, 0.6) is 0 Å². The van der Waals surface area contributed by atoms with Gasteiger partial charge in [-0.1, -0.05) is 13.2 Å². The van der Waals surface area contributed by atoms with Gasteiger partial charge in [0.2, 0.25) is 0 Å². The van der Waals surface area contributed by atoms with Gasteiger partial charge >= 0.3 is 83.9 Å². The molecule has 0 atom stereocenters. The largest absolute Gasteiger partial charge is 0.473 e. The van der Waals surface area contributed by atoms with E-state index in [2.05, 4.69) is 22.6 Å². The van der Waals surface area contributed by atoms with Crippen LogP contribution in [0.4, 0.5) is 114 Å². The molecule has 0 unspecified atom stereocenters. The maximum Gasteiger partial charge on any atom is 0.473 e. The number of ether oxygens (including phenoxy) is 2. The maximum absolute atomic E-state index is 13.3. The van der Waals surface area contributed by atoms with Crippen molar-refractivity contribution in [1.82, 2.24) is 0 Å². The van der Waals surface area contributed by atoms with Gasteiger partial charge in [-0.3, -0.25) is 0 Å². The highest BCUT2D eigenvalue weighted by atomic mass is 19.4. The van der Waals surface area contributed by atoms with Crippen LogP contribution in [0.1, 0.15) is 32.6 Å². The molecule has 0 heterocycles. The average molecular weight is 850 g/mol. The number of halogens is 26. The van der Waals surface area contributed by atoms with Gasteiger partial charge in [0.25, 0.3) is 0 Å². The van der Waals surface area contributed by atoms with Gasteiger partial charge in [0.05, 0.1) is 0 Å². The fourth-order valence-electron chi connectivity index (χ4n) is 2.63. The van der Waals surface area contributed by atoms with E-state index < -0.39 is 115 Å². The molecule has 0 aromatic heterocycles. The third-order valence-electron chi connectivity index (χ3n) is 5.64. The van der Waals surface area contributed by atoms with Crippen molar-refractivity contribution in [3.8, 4) is 0 Å². The Hall–Kier alpha value is -3.40. The van der Waals surface area contributed by atoms with Gasteiger partial charge in [-0.25, -0.2) is 9.59 Å². The predicted molar refractivity (Wildman–Crippen MR) is 117 cm³/mol. The third-order valence-corrected chi connectivity index (χ3v) is 5.64. The number of carbonyl (C=O) groups is 2. The Morgan fingerprint density at radius 2 is 0.717 bits per heavy atom. The van der Waals surface area contributed by atoms with Gasteiger partial charge in [-0.15, -0.1) is 0 Å². The lowest BCUT2D eigenvalue weighted by atomic mass is 9.95. The second kappa shape index (κ2) is 15.4. The number of hydrogen-bond acceptors (Lipinski definition) is 4. The normalized spacial score (nSPS) is 14.9. The molecule has 0 N–H and O–H groups in total. The van der Waals surface area contributed by atoms with Crippen LogP contribution in [-0.4, -0.2) is 83.9 Å². The topological polar surface area (TPSA) is 52.6 Å².